The Morgan fingerprint density at radius 1 is 1.27 bits per heavy atom. The lowest BCUT2D eigenvalue weighted by Gasteiger charge is -2.28. The fraction of sp³-hybridized carbons (Fsp3) is 0.353. The quantitative estimate of drug-likeness (QED) is 0.637. The molecule has 0 aliphatic carbocycles. The maximum Gasteiger partial charge on any atom is 0.269 e. The fourth-order valence-corrected chi connectivity index (χ4v) is 2.64. The van der Waals surface area contributed by atoms with Gasteiger partial charge in [0.15, 0.2) is 0 Å². The minimum Gasteiger partial charge on any atom is -0.378 e. The topological polar surface area (TPSA) is 110 Å². The molecule has 1 fully saturated rings. The van der Waals surface area contributed by atoms with Gasteiger partial charge in [-0.05, 0) is 19.1 Å². The number of ether oxygens (including phenoxy) is 1. The van der Waals surface area contributed by atoms with Gasteiger partial charge in [-0.3, -0.25) is 14.9 Å². The van der Waals surface area contributed by atoms with E-state index in [-0.39, 0.29) is 18.1 Å². The predicted octanol–water partition coefficient (Wildman–Crippen LogP) is 1.46. The van der Waals surface area contributed by atoms with E-state index in [1.807, 2.05) is 13.0 Å². The zero-order chi connectivity index (χ0) is 18.5. The van der Waals surface area contributed by atoms with Crippen molar-refractivity contribution in [1.29, 1.82) is 0 Å². The number of aromatic nitrogens is 2. The van der Waals surface area contributed by atoms with Crippen LogP contribution in [0.2, 0.25) is 0 Å². The van der Waals surface area contributed by atoms with E-state index in [4.69, 9.17) is 4.74 Å². The van der Waals surface area contributed by atoms with Crippen LogP contribution in [-0.4, -0.2) is 47.1 Å². The average molecular weight is 357 g/mol. The van der Waals surface area contributed by atoms with Crippen molar-refractivity contribution in [3.63, 3.8) is 0 Å². The van der Waals surface area contributed by atoms with Gasteiger partial charge < -0.3 is 15.0 Å². The molecular formula is C17H19N5O4. The summed E-state index contributed by atoms with van der Waals surface area (Å²) in [4.78, 5) is 33.4. The van der Waals surface area contributed by atoms with E-state index < -0.39 is 4.92 Å². The molecule has 9 heteroatoms. The van der Waals surface area contributed by atoms with Gasteiger partial charge in [-0.2, -0.15) is 0 Å². The van der Waals surface area contributed by atoms with Gasteiger partial charge in [0.25, 0.3) is 11.6 Å². The number of carbonyl (C=O) groups is 1. The van der Waals surface area contributed by atoms with Gasteiger partial charge in [0, 0.05) is 42.5 Å². The number of carbonyl (C=O) groups excluding carboxylic acids is 1. The molecule has 1 amide bonds. The molecule has 0 radical (unpaired) electrons. The summed E-state index contributed by atoms with van der Waals surface area (Å²) in [5.41, 5.74) is 1.11. The van der Waals surface area contributed by atoms with Crippen LogP contribution in [0.1, 0.15) is 21.9 Å². The minimum absolute atomic E-state index is 0.0567. The number of hydrogen-bond acceptors (Lipinski definition) is 7. The van der Waals surface area contributed by atoms with Crippen LogP contribution in [0.4, 0.5) is 11.5 Å². The van der Waals surface area contributed by atoms with Crippen LogP contribution in [0, 0.1) is 17.0 Å². The molecular weight excluding hydrogens is 338 g/mol. The number of hydrogen-bond donors (Lipinski definition) is 1. The molecule has 2 aromatic rings. The van der Waals surface area contributed by atoms with E-state index in [1.165, 1.54) is 24.3 Å². The van der Waals surface area contributed by atoms with Crippen LogP contribution in [-0.2, 0) is 11.3 Å². The first kappa shape index (κ1) is 17.7. The molecule has 1 aromatic carbocycles. The second-order valence-corrected chi connectivity index (χ2v) is 5.87. The minimum atomic E-state index is -0.505. The Morgan fingerprint density at radius 2 is 1.96 bits per heavy atom. The van der Waals surface area contributed by atoms with Crippen molar-refractivity contribution in [2.24, 2.45) is 0 Å². The van der Waals surface area contributed by atoms with Crippen LogP contribution in [0.5, 0.6) is 0 Å². The van der Waals surface area contributed by atoms with Crippen molar-refractivity contribution in [1.82, 2.24) is 15.3 Å². The fourth-order valence-electron chi connectivity index (χ4n) is 2.64. The molecule has 0 bridgehead atoms. The Hall–Kier alpha value is -3.07. The van der Waals surface area contributed by atoms with Gasteiger partial charge in [0.1, 0.15) is 11.6 Å². The molecule has 1 aliphatic heterocycles. The largest absolute Gasteiger partial charge is 0.378 e. The molecule has 1 saturated heterocycles. The normalized spacial score (nSPS) is 14.1. The van der Waals surface area contributed by atoms with E-state index in [0.717, 1.165) is 24.6 Å². The summed E-state index contributed by atoms with van der Waals surface area (Å²) in [5, 5.41) is 13.4. The number of rotatable bonds is 5. The number of benzene rings is 1. The number of aryl methyl sites for hydroxylation is 1. The lowest BCUT2D eigenvalue weighted by molar-refractivity contribution is -0.384. The number of nitrogens with zero attached hydrogens (tertiary/aromatic N) is 4. The summed E-state index contributed by atoms with van der Waals surface area (Å²) in [5.74, 6) is 1.00. The Morgan fingerprint density at radius 3 is 2.62 bits per heavy atom. The first-order chi connectivity index (χ1) is 12.5. The smallest absolute Gasteiger partial charge is 0.269 e. The molecule has 0 spiro atoms. The van der Waals surface area contributed by atoms with Gasteiger partial charge >= 0.3 is 0 Å². The molecule has 1 aliphatic rings. The summed E-state index contributed by atoms with van der Waals surface area (Å²) >= 11 is 0. The summed E-state index contributed by atoms with van der Waals surface area (Å²) in [6, 6.07) is 7.35. The summed E-state index contributed by atoms with van der Waals surface area (Å²) in [6.07, 6.45) is 0. The van der Waals surface area contributed by atoms with Crippen molar-refractivity contribution < 1.29 is 14.5 Å². The van der Waals surface area contributed by atoms with Crippen molar-refractivity contribution in [3.05, 3.63) is 57.5 Å². The van der Waals surface area contributed by atoms with E-state index in [9.17, 15) is 14.9 Å². The molecule has 2 heterocycles. The van der Waals surface area contributed by atoms with Gasteiger partial charge in [-0.25, -0.2) is 9.97 Å². The maximum atomic E-state index is 12.2. The van der Waals surface area contributed by atoms with Crippen LogP contribution >= 0.6 is 0 Å². The highest BCUT2D eigenvalue weighted by Crippen LogP contribution is 2.15. The highest BCUT2D eigenvalue weighted by Gasteiger charge is 2.15. The van der Waals surface area contributed by atoms with Gasteiger partial charge in [-0.15, -0.1) is 0 Å². The number of non-ortho nitro benzene ring substituents is 1. The van der Waals surface area contributed by atoms with E-state index in [1.54, 1.807) is 0 Å². The first-order valence-corrected chi connectivity index (χ1v) is 8.23. The van der Waals surface area contributed by atoms with Crippen LogP contribution < -0.4 is 10.2 Å². The third kappa shape index (κ3) is 4.31. The van der Waals surface area contributed by atoms with Gasteiger partial charge in [0.05, 0.1) is 24.7 Å². The Bertz CT molecular complexity index is 803. The number of nitrogens with one attached hydrogen (secondary N) is 1. The molecule has 1 aromatic heterocycles. The highest BCUT2D eigenvalue weighted by atomic mass is 16.6. The number of amides is 1. The number of anilines is 1. The SMILES string of the molecule is Cc1cc(N2CCOCC2)nc(CNC(=O)c2ccc([N+](=O)[O-])cc2)n1. The van der Waals surface area contributed by atoms with Crippen LogP contribution in [0.25, 0.3) is 0 Å². The van der Waals surface area contributed by atoms with Crippen LogP contribution in [0.3, 0.4) is 0 Å². The first-order valence-electron chi connectivity index (χ1n) is 8.23. The van der Waals surface area contributed by atoms with E-state index >= 15 is 0 Å². The number of nitro benzene ring substituents is 1. The second kappa shape index (κ2) is 7.87. The van der Waals surface area contributed by atoms with E-state index in [2.05, 4.69) is 20.2 Å². The molecule has 26 heavy (non-hydrogen) atoms. The van der Waals surface area contributed by atoms with Crippen molar-refractivity contribution in [3.8, 4) is 0 Å². The molecule has 1 N–H and O–H groups in total. The molecule has 136 valence electrons. The third-order valence-electron chi connectivity index (χ3n) is 3.97. The Kier molecular flexibility index (Phi) is 5.37. The Balaban J connectivity index is 1.65. The van der Waals surface area contributed by atoms with Crippen molar-refractivity contribution in [2.45, 2.75) is 13.5 Å². The van der Waals surface area contributed by atoms with Gasteiger partial charge in [0.2, 0.25) is 0 Å². The summed E-state index contributed by atoms with van der Waals surface area (Å²) in [7, 11) is 0. The second-order valence-electron chi connectivity index (χ2n) is 5.87. The highest BCUT2D eigenvalue weighted by molar-refractivity contribution is 5.94. The third-order valence-corrected chi connectivity index (χ3v) is 3.97. The summed E-state index contributed by atoms with van der Waals surface area (Å²) < 4.78 is 5.35. The number of nitro groups is 1. The van der Waals surface area contributed by atoms with Crippen molar-refractivity contribution in [2.75, 3.05) is 31.2 Å². The molecule has 0 unspecified atom stereocenters. The monoisotopic (exact) mass is 357 g/mol. The van der Waals surface area contributed by atoms with Crippen LogP contribution in [0.15, 0.2) is 30.3 Å². The molecule has 0 atom stereocenters. The lowest BCUT2D eigenvalue weighted by Crippen LogP contribution is -2.37. The standard InChI is InChI=1S/C17H19N5O4/c1-12-10-16(21-6-8-26-9-7-21)20-15(19-12)11-18-17(23)13-2-4-14(5-3-13)22(24)25/h2-5,10H,6-9,11H2,1H3,(H,18,23). The average Bonchev–Trinajstić information content (AvgIpc) is 2.66. The lowest BCUT2D eigenvalue weighted by atomic mass is 10.2. The molecule has 3 rings (SSSR count). The predicted molar refractivity (Wildman–Crippen MR) is 94.1 cm³/mol. The zero-order valence-electron chi connectivity index (χ0n) is 14.3. The number of morpholine rings is 1. The molecule has 0 saturated carbocycles. The van der Waals surface area contributed by atoms with E-state index in [0.29, 0.717) is 24.6 Å². The zero-order valence-corrected chi connectivity index (χ0v) is 14.3. The maximum absolute atomic E-state index is 12.2. The Labute approximate surface area is 150 Å². The van der Waals surface area contributed by atoms with Crippen molar-refractivity contribution >= 4 is 17.4 Å². The van der Waals surface area contributed by atoms with Gasteiger partial charge in [-0.1, -0.05) is 0 Å². The summed E-state index contributed by atoms with van der Waals surface area (Å²) in [6.45, 7) is 4.92. The molecule has 9 nitrogen and oxygen atoms in total.